The summed E-state index contributed by atoms with van der Waals surface area (Å²) in [5.74, 6) is -0.573. The van der Waals surface area contributed by atoms with Crippen molar-refractivity contribution in [2.24, 2.45) is 0 Å². The summed E-state index contributed by atoms with van der Waals surface area (Å²) in [5, 5.41) is 7.86. The zero-order valence-corrected chi connectivity index (χ0v) is 18.1. The molecular weight excluding hydrogens is 438 g/mol. The summed E-state index contributed by atoms with van der Waals surface area (Å²) >= 11 is 3.36. The number of hydrogen-bond acceptors (Lipinski definition) is 4. The van der Waals surface area contributed by atoms with Crippen LogP contribution < -0.4 is 16.0 Å². The number of alkyl carbamates (subject to hydrolysis) is 1. The minimum Gasteiger partial charge on any atom is -0.444 e. The van der Waals surface area contributed by atoms with Crippen LogP contribution in [-0.4, -0.2) is 30.1 Å². The van der Waals surface area contributed by atoms with Crippen LogP contribution in [0.2, 0.25) is 0 Å². The van der Waals surface area contributed by atoms with Crippen molar-refractivity contribution in [3.05, 3.63) is 58.6 Å². The number of carbonyl (C=O) groups excluding carboxylic acids is 3. The minimum absolute atomic E-state index is 0.164. The molecule has 0 bridgehead atoms. The van der Waals surface area contributed by atoms with E-state index in [0.717, 1.165) is 10.0 Å². The Kier molecular flexibility index (Phi) is 7.78. The van der Waals surface area contributed by atoms with Crippen LogP contribution >= 0.6 is 15.9 Å². The number of rotatable bonds is 6. The summed E-state index contributed by atoms with van der Waals surface area (Å²) in [7, 11) is 0. The monoisotopic (exact) mass is 461 g/mol. The van der Waals surface area contributed by atoms with Gasteiger partial charge in [-0.05, 0) is 56.7 Å². The Morgan fingerprint density at radius 3 is 2.10 bits per heavy atom. The highest BCUT2D eigenvalue weighted by Crippen LogP contribution is 2.16. The molecule has 8 heteroatoms. The van der Waals surface area contributed by atoms with Crippen molar-refractivity contribution in [1.82, 2.24) is 5.32 Å². The summed E-state index contributed by atoms with van der Waals surface area (Å²) < 4.78 is 6.03. The highest BCUT2D eigenvalue weighted by atomic mass is 79.9. The number of carbonyl (C=O) groups is 3. The maximum absolute atomic E-state index is 12.2. The number of ether oxygens (including phenoxy) is 1. The molecule has 0 aromatic heterocycles. The van der Waals surface area contributed by atoms with Crippen LogP contribution in [0.1, 0.15) is 26.3 Å². The topological polar surface area (TPSA) is 96.5 Å². The van der Waals surface area contributed by atoms with Crippen LogP contribution in [0.25, 0.3) is 0 Å². The fourth-order valence-corrected chi connectivity index (χ4v) is 2.60. The second kappa shape index (κ2) is 10.1. The maximum atomic E-state index is 12.2. The first-order chi connectivity index (χ1) is 13.6. The normalized spacial score (nSPS) is 10.8. The van der Waals surface area contributed by atoms with Crippen molar-refractivity contribution in [2.75, 3.05) is 17.2 Å². The maximum Gasteiger partial charge on any atom is 0.408 e. The molecule has 0 unspecified atom stereocenters. The molecule has 2 rings (SSSR count). The standard InChI is InChI=1S/C21H24BrN3O4/c1-21(2,3)29-20(28)23-13-19(27)25-17-6-4-5-16(12-17)24-18(26)11-14-7-9-15(22)10-8-14/h4-10,12H,11,13H2,1-3H3,(H,23,28)(H,24,26)(H,25,27). The molecule has 3 N–H and O–H groups in total. The molecule has 2 aromatic rings. The lowest BCUT2D eigenvalue weighted by Crippen LogP contribution is -2.37. The van der Waals surface area contributed by atoms with E-state index in [1.165, 1.54) is 0 Å². The molecule has 0 radical (unpaired) electrons. The van der Waals surface area contributed by atoms with E-state index in [1.807, 2.05) is 24.3 Å². The Morgan fingerprint density at radius 2 is 1.52 bits per heavy atom. The first-order valence-electron chi connectivity index (χ1n) is 9.02. The average molecular weight is 462 g/mol. The number of halogens is 1. The van der Waals surface area contributed by atoms with Gasteiger partial charge in [0, 0.05) is 15.8 Å². The summed E-state index contributed by atoms with van der Waals surface area (Å²) in [4.78, 5) is 35.8. The molecule has 0 fully saturated rings. The van der Waals surface area contributed by atoms with E-state index >= 15 is 0 Å². The van der Waals surface area contributed by atoms with Gasteiger partial charge in [0.1, 0.15) is 12.1 Å². The number of anilines is 2. The van der Waals surface area contributed by atoms with Gasteiger partial charge in [0.2, 0.25) is 11.8 Å². The summed E-state index contributed by atoms with van der Waals surface area (Å²) in [6.45, 7) is 4.99. The number of hydrogen-bond donors (Lipinski definition) is 3. The first kappa shape index (κ1) is 22.4. The molecular formula is C21H24BrN3O4. The summed E-state index contributed by atoms with van der Waals surface area (Å²) in [6, 6.07) is 14.3. The molecule has 29 heavy (non-hydrogen) atoms. The Balaban J connectivity index is 1.85. The number of amides is 3. The van der Waals surface area contributed by atoms with Crippen molar-refractivity contribution >= 4 is 45.2 Å². The van der Waals surface area contributed by atoms with Gasteiger partial charge < -0.3 is 20.7 Å². The van der Waals surface area contributed by atoms with E-state index in [4.69, 9.17) is 4.74 Å². The first-order valence-corrected chi connectivity index (χ1v) is 9.81. The van der Waals surface area contributed by atoms with Crippen molar-refractivity contribution in [3.8, 4) is 0 Å². The van der Waals surface area contributed by atoms with E-state index in [0.29, 0.717) is 11.4 Å². The highest BCUT2D eigenvalue weighted by molar-refractivity contribution is 9.10. The van der Waals surface area contributed by atoms with Gasteiger partial charge in [0.15, 0.2) is 0 Å². The van der Waals surface area contributed by atoms with Crippen molar-refractivity contribution in [1.29, 1.82) is 0 Å². The molecule has 0 saturated heterocycles. The van der Waals surface area contributed by atoms with Gasteiger partial charge >= 0.3 is 6.09 Å². The highest BCUT2D eigenvalue weighted by Gasteiger charge is 2.16. The van der Waals surface area contributed by atoms with Gasteiger partial charge in [-0.3, -0.25) is 9.59 Å². The van der Waals surface area contributed by atoms with Crippen molar-refractivity contribution in [3.63, 3.8) is 0 Å². The van der Waals surface area contributed by atoms with Crippen molar-refractivity contribution < 1.29 is 19.1 Å². The van der Waals surface area contributed by atoms with Crippen LogP contribution in [0, 0.1) is 0 Å². The van der Waals surface area contributed by atoms with Crippen LogP contribution in [0.5, 0.6) is 0 Å². The van der Waals surface area contributed by atoms with E-state index < -0.39 is 17.6 Å². The van der Waals surface area contributed by atoms with Gasteiger partial charge in [0.05, 0.1) is 6.42 Å². The molecule has 0 atom stereocenters. The molecule has 0 spiro atoms. The third-order valence-corrected chi connectivity index (χ3v) is 4.03. The Morgan fingerprint density at radius 1 is 0.931 bits per heavy atom. The van der Waals surface area contributed by atoms with Gasteiger partial charge in [-0.1, -0.05) is 34.1 Å². The zero-order valence-electron chi connectivity index (χ0n) is 16.5. The number of nitrogens with one attached hydrogen (secondary N) is 3. The molecule has 2 aromatic carbocycles. The summed E-state index contributed by atoms with van der Waals surface area (Å²) in [6.07, 6.45) is -0.425. The lowest BCUT2D eigenvalue weighted by atomic mass is 10.1. The molecule has 0 aliphatic heterocycles. The Bertz CT molecular complexity index is 876. The van der Waals surface area contributed by atoms with E-state index in [1.54, 1.807) is 45.0 Å². The Hall–Kier alpha value is -2.87. The predicted molar refractivity (Wildman–Crippen MR) is 116 cm³/mol. The third-order valence-electron chi connectivity index (χ3n) is 3.50. The second-order valence-electron chi connectivity index (χ2n) is 7.34. The fourth-order valence-electron chi connectivity index (χ4n) is 2.34. The molecule has 0 heterocycles. The van der Waals surface area contributed by atoms with E-state index in [9.17, 15) is 14.4 Å². The smallest absolute Gasteiger partial charge is 0.408 e. The molecule has 0 aliphatic carbocycles. The lowest BCUT2D eigenvalue weighted by molar-refractivity contribution is -0.116. The third kappa shape index (κ3) is 8.78. The lowest BCUT2D eigenvalue weighted by Gasteiger charge is -2.19. The molecule has 154 valence electrons. The zero-order chi connectivity index (χ0) is 21.4. The van der Waals surface area contributed by atoms with Crippen molar-refractivity contribution in [2.45, 2.75) is 32.8 Å². The number of benzene rings is 2. The SMILES string of the molecule is CC(C)(C)OC(=O)NCC(=O)Nc1cccc(NC(=O)Cc2ccc(Br)cc2)c1. The van der Waals surface area contributed by atoms with Crippen LogP contribution in [0.3, 0.4) is 0 Å². The largest absolute Gasteiger partial charge is 0.444 e. The van der Waals surface area contributed by atoms with Crippen LogP contribution in [-0.2, 0) is 20.7 Å². The molecule has 7 nitrogen and oxygen atoms in total. The predicted octanol–water partition coefficient (Wildman–Crippen LogP) is 4.09. The van der Waals surface area contributed by atoms with Crippen LogP contribution in [0.15, 0.2) is 53.0 Å². The van der Waals surface area contributed by atoms with Gasteiger partial charge in [-0.25, -0.2) is 4.79 Å². The second-order valence-corrected chi connectivity index (χ2v) is 8.25. The minimum atomic E-state index is -0.665. The van der Waals surface area contributed by atoms with Crippen LogP contribution in [0.4, 0.5) is 16.2 Å². The fraction of sp³-hybridized carbons (Fsp3) is 0.286. The Labute approximate surface area is 178 Å². The van der Waals surface area contributed by atoms with Gasteiger partial charge in [-0.15, -0.1) is 0 Å². The average Bonchev–Trinajstić information content (AvgIpc) is 2.61. The molecule has 0 saturated carbocycles. The summed E-state index contributed by atoms with van der Waals surface area (Å²) in [5.41, 5.74) is 1.32. The molecule has 0 aliphatic rings. The quantitative estimate of drug-likeness (QED) is 0.603. The van der Waals surface area contributed by atoms with E-state index in [-0.39, 0.29) is 18.9 Å². The van der Waals surface area contributed by atoms with E-state index in [2.05, 4.69) is 31.9 Å². The van der Waals surface area contributed by atoms with Gasteiger partial charge in [0.25, 0.3) is 0 Å². The molecule has 3 amide bonds. The van der Waals surface area contributed by atoms with Gasteiger partial charge in [-0.2, -0.15) is 0 Å².